The third kappa shape index (κ3) is 3.98. The van der Waals surface area contributed by atoms with Gasteiger partial charge in [-0.05, 0) is 18.9 Å². The highest BCUT2D eigenvalue weighted by molar-refractivity contribution is 5.87. The molecule has 0 spiro atoms. The lowest BCUT2D eigenvalue weighted by molar-refractivity contribution is -0.130. The monoisotopic (exact) mass is 249 g/mol. The van der Waals surface area contributed by atoms with E-state index in [1.807, 2.05) is 13.8 Å². The fourth-order valence-electron chi connectivity index (χ4n) is 1.72. The Morgan fingerprint density at radius 1 is 1.44 bits per heavy atom. The molecular weight excluding hydrogens is 230 g/mol. The Morgan fingerprint density at radius 3 is 2.44 bits per heavy atom. The van der Waals surface area contributed by atoms with Crippen molar-refractivity contribution < 1.29 is 9.59 Å². The number of amides is 2. The molecule has 4 N–H and O–H groups in total. The van der Waals surface area contributed by atoms with Crippen molar-refractivity contribution >= 4 is 24.2 Å². The zero-order valence-electron chi connectivity index (χ0n) is 9.66. The predicted octanol–water partition coefficient (Wildman–Crippen LogP) is -0.356. The molecule has 0 radical (unpaired) electrons. The predicted molar refractivity (Wildman–Crippen MR) is 64.2 cm³/mol. The Labute approximate surface area is 102 Å². The maximum Gasteiger partial charge on any atom is 0.240 e. The molecule has 1 aliphatic heterocycles. The van der Waals surface area contributed by atoms with Gasteiger partial charge in [0.1, 0.15) is 6.04 Å². The first kappa shape index (κ1) is 15.2. The van der Waals surface area contributed by atoms with Crippen LogP contribution in [-0.2, 0) is 9.59 Å². The van der Waals surface area contributed by atoms with Crippen molar-refractivity contribution in [2.45, 2.75) is 26.3 Å². The summed E-state index contributed by atoms with van der Waals surface area (Å²) in [5.74, 6) is -0.534. The van der Waals surface area contributed by atoms with Crippen molar-refractivity contribution in [3.8, 4) is 0 Å². The number of nitrogens with one attached hydrogen (secondary N) is 2. The van der Waals surface area contributed by atoms with Crippen molar-refractivity contribution in [3.63, 3.8) is 0 Å². The largest absolute Gasteiger partial charge is 0.368 e. The molecule has 0 aromatic carbocycles. The van der Waals surface area contributed by atoms with E-state index in [0.29, 0.717) is 6.54 Å². The molecule has 2 atom stereocenters. The summed E-state index contributed by atoms with van der Waals surface area (Å²) in [6.07, 6.45) is 0.829. The van der Waals surface area contributed by atoms with Crippen molar-refractivity contribution in [1.29, 1.82) is 0 Å². The van der Waals surface area contributed by atoms with E-state index in [9.17, 15) is 9.59 Å². The summed E-state index contributed by atoms with van der Waals surface area (Å²) in [6, 6.07) is -0.557. The van der Waals surface area contributed by atoms with Crippen LogP contribution in [0.4, 0.5) is 0 Å². The van der Waals surface area contributed by atoms with Crippen LogP contribution in [0.1, 0.15) is 20.3 Å². The zero-order chi connectivity index (χ0) is 11.4. The van der Waals surface area contributed by atoms with E-state index in [1.54, 1.807) is 0 Å². The Bertz CT molecular complexity index is 252. The topological polar surface area (TPSA) is 84.2 Å². The van der Waals surface area contributed by atoms with Gasteiger partial charge in [0.25, 0.3) is 0 Å². The number of hydrogen-bond donors (Lipinski definition) is 3. The number of carbonyl (C=O) groups excluding carboxylic acids is 2. The van der Waals surface area contributed by atoms with E-state index in [0.717, 1.165) is 13.0 Å². The van der Waals surface area contributed by atoms with Crippen molar-refractivity contribution in [3.05, 3.63) is 0 Å². The van der Waals surface area contributed by atoms with Crippen LogP contribution in [0.15, 0.2) is 0 Å². The van der Waals surface area contributed by atoms with Gasteiger partial charge in [0, 0.05) is 6.54 Å². The van der Waals surface area contributed by atoms with E-state index < -0.39 is 11.9 Å². The van der Waals surface area contributed by atoms with E-state index in [2.05, 4.69) is 10.6 Å². The summed E-state index contributed by atoms with van der Waals surface area (Å²) in [6.45, 7) is 5.28. The number of hydrogen-bond acceptors (Lipinski definition) is 3. The molecule has 6 heteroatoms. The van der Waals surface area contributed by atoms with Gasteiger partial charge < -0.3 is 16.4 Å². The van der Waals surface area contributed by atoms with Crippen LogP contribution in [0.5, 0.6) is 0 Å². The second-order valence-corrected chi connectivity index (χ2v) is 4.32. The first-order valence-electron chi connectivity index (χ1n) is 5.32. The highest BCUT2D eigenvalue weighted by Gasteiger charge is 2.27. The molecule has 0 bridgehead atoms. The molecule has 1 unspecified atom stereocenters. The summed E-state index contributed by atoms with van der Waals surface area (Å²) >= 11 is 0. The number of halogens is 1. The van der Waals surface area contributed by atoms with Crippen LogP contribution in [0, 0.1) is 11.8 Å². The Morgan fingerprint density at radius 2 is 2.06 bits per heavy atom. The lowest BCUT2D eigenvalue weighted by atomic mass is 10.0. The second-order valence-electron chi connectivity index (χ2n) is 4.32. The fraction of sp³-hybridized carbons (Fsp3) is 0.800. The van der Waals surface area contributed by atoms with Gasteiger partial charge in [0.2, 0.25) is 11.8 Å². The first-order valence-corrected chi connectivity index (χ1v) is 5.32. The first-order chi connectivity index (χ1) is 7.02. The van der Waals surface area contributed by atoms with Gasteiger partial charge in [0.15, 0.2) is 0 Å². The molecule has 1 aliphatic rings. The summed E-state index contributed by atoms with van der Waals surface area (Å²) in [5, 5.41) is 5.81. The van der Waals surface area contributed by atoms with Crippen molar-refractivity contribution in [2.24, 2.45) is 17.6 Å². The minimum Gasteiger partial charge on any atom is -0.368 e. The quantitative estimate of drug-likeness (QED) is 0.637. The normalized spacial score (nSPS) is 21.3. The van der Waals surface area contributed by atoms with Crippen LogP contribution in [0.2, 0.25) is 0 Å². The highest BCUT2D eigenvalue weighted by Crippen LogP contribution is 2.09. The minimum absolute atomic E-state index is 0. The van der Waals surface area contributed by atoms with Crippen molar-refractivity contribution in [2.75, 3.05) is 13.1 Å². The molecule has 1 rings (SSSR count). The van der Waals surface area contributed by atoms with E-state index in [4.69, 9.17) is 5.73 Å². The number of primary amides is 1. The van der Waals surface area contributed by atoms with Gasteiger partial charge in [0.05, 0.1) is 5.92 Å². The van der Waals surface area contributed by atoms with Gasteiger partial charge >= 0.3 is 0 Å². The molecule has 0 saturated carbocycles. The van der Waals surface area contributed by atoms with Crippen LogP contribution >= 0.6 is 12.4 Å². The number of rotatable bonds is 4. The molecule has 94 valence electrons. The van der Waals surface area contributed by atoms with Crippen LogP contribution in [0.3, 0.4) is 0 Å². The molecule has 1 heterocycles. The molecule has 0 aromatic heterocycles. The minimum atomic E-state index is -0.557. The van der Waals surface area contributed by atoms with Gasteiger partial charge in [-0.25, -0.2) is 0 Å². The number of nitrogens with two attached hydrogens (primary N) is 1. The van der Waals surface area contributed by atoms with E-state index >= 15 is 0 Å². The molecule has 1 saturated heterocycles. The third-order valence-electron chi connectivity index (χ3n) is 2.70. The maximum absolute atomic E-state index is 11.7. The lowest BCUT2D eigenvalue weighted by Gasteiger charge is -2.20. The molecule has 5 nitrogen and oxygen atoms in total. The van der Waals surface area contributed by atoms with Crippen molar-refractivity contribution in [1.82, 2.24) is 10.6 Å². The summed E-state index contributed by atoms with van der Waals surface area (Å²) in [4.78, 5) is 22.8. The van der Waals surface area contributed by atoms with Crippen LogP contribution in [-0.4, -0.2) is 30.9 Å². The summed E-state index contributed by atoms with van der Waals surface area (Å²) in [5.41, 5.74) is 5.22. The Kier molecular flexibility index (Phi) is 6.36. The number of carbonyl (C=O) groups is 2. The maximum atomic E-state index is 11.7. The smallest absolute Gasteiger partial charge is 0.240 e. The second kappa shape index (κ2) is 6.70. The van der Waals surface area contributed by atoms with Gasteiger partial charge in [-0.2, -0.15) is 0 Å². The lowest BCUT2D eigenvalue weighted by Crippen LogP contribution is -2.49. The van der Waals surface area contributed by atoms with Crippen LogP contribution in [0.25, 0.3) is 0 Å². The summed E-state index contributed by atoms with van der Waals surface area (Å²) in [7, 11) is 0. The molecular formula is C10H20ClN3O2. The zero-order valence-corrected chi connectivity index (χ0v) is 10.5. The fourth-order valence-corrected chi connectivity index (χ4v) is 1.72. The van der Waals surface area contributed by atoms with Gasteiger partial charge in [-0.15, -0.1) is 12.4 Å². The molecule has 16 heavy (non-hydrogen) atoms. The highest BCUT2D eigenvalue weighted by atomic mass is 35.5. The average Bonchev–Trinajstić information content (AvgIpc) is 2.65. The van der Waals surface area contributed by atoms with Gasteiger partial charge in [-0.1, -0.05) is 13.8 Å². The Balaban J connectivity index is 0.00000225. The molecule has 1 fully saturated rings. The van der Waals surface area contributed by atoms with Gasteiger partial charge in [-0.3, -0.25) is 9.59 Å². The molecule has 2 amide bonds. The standard InChI is InChI=1S/C10H19N3O2.ClH/c1-6(2)8(9(11)14)13-10(15)7-3-4-12-5-7;/h6-8,12H,3-5H2,1-2H3,(H2,11,14)(H,13,15);1H/t7-,8?;/m1./s1. The SMILES string of the molecule is CC(C)C(NC(=O)[C@@H]1CCNC1)C(N)=O.Cl. The summed E-state index contributed by atoms with van der Waals surface area (Å²) < 4.78 is 0. The molecule has 0 aromatic rings. The van der Waals surface area contributed by atoms with E-state index in [-0.39, 0.29) is 30.2 Å². The van der Waals surface area contributed by atoms with E-state index in [1.165, 1.54) is 0 Å². The molecule has 0 aliphatic carbocycles. The third-order valence-corrected chi connectivity index (χ3v) is 2.70. The Hall–Kier alpha value is -0.810. The van der Waals surface area contributed by atoms with Crippen LogP contribution < -0.4 is 16.4 Å². The average molecular weight is 250 g/mol.